The summed E-state index contributed by atoms with van der Waals surface area (Å²) in [5, 5.41) is 7.02. The summed E-state index contributed by atoms with van der Waals surface area (Å²) in [5.41, 5.74) is 0.876. The predicted molar refractivity (Wildman–Crippen MR) is 113 cm³/mol. The molecule has 28 heavy (non-hydrogen) atoms. The van der Waals surface area contributed by atoms with Gasteiger partial charge in [-0.25, -0.2) is 14.4 Å². The third-order valence-corrected chi connectivity index (χ3v) is 5.96. The molecule has 2 N–H and O–H groups in total. The SMILES string of the molecule is Fc1c(Nc2ncnc3cc(Br)c(OC4CCNCC4)cc23)ccc(Cl)c1Cl. The highest BCUT2D eigenvalue weighted by Crippen LogP contribution is 2.36. The lowest BCUT2D eigenvalue weighted by Crippen LogP contribution is -2.34. The number of rotatable bonds is 4. The first kappa shape index (κ1) is 19.6. The standard InChI is InChI=1S/C19H16BrCl2FN4O/c20-12-8-15-11(7-16(12)28-10-3-5-24-6-4-10)19(26-9-25-15)27-14-2-1-13(21)17(22)18(14)23/h1-2,7-10,24H,3-6H2,(H,25,26,27). The average molecular weight is 486 g/mol. The van der Waals surface area contributed by atoms with E-state index in [1.807, 2.05) is 12.1 Å². The van der Waals surface area contributed by atoms with Crippen LogP contribution in [0.15, 0.2) is 35.1 Å². The maximum Gasteiger partial charge on any atom is 0.166 e. The molecule has 0 bridgehead atoms. The lowest BCUT2D eigenvalue weighted by Gasteiger charge is -2.24. The first-order valence-corrected chi connectivity index (χ1v) is 10.3. The summed E-state index contributed by atoms with van der Waals surface area (Å²) in [6.45, 7) is 1.87. The zero-order chi connectivity index (χ0) is 19.7. The van der Waals surface area contributed by atoms with Crippen LogP contribution < -0.4 is 15.4 Å². The smallest absolute Gasteiger partial charge is 0.166 e. The number of hydrogen-bond acceptors (Lipinski definition) is 5. The van der Waals surface area contributed by atoms with E-state index in [4.69, 9.17) is 27.9 Å². The van der Waals surface area contributed by atoms with Gasteiger partial charge < -0.3 is 15.4 Å². The van der Waals surface area contributed by atoms with E-state index in [0.29, 0.717) is 22.5 Å². The quantitative estimate of drug-likeness (QED) is 0.463. The molecular formula is C19H16BrCl2FN4O. The molecule has 0 atom stereocenters. The van der Waals surface area contributed by atoms with Gasteiger partial charge in [-0.3, -0.25) is 0 Å². The number of halogens is 4. The van der Waals surface area contributed by atoms with Crippen LogP contribution in [0.1, 0.15) is 12.8 Å². The maximum atomic E-state index is 14.4. The molecule has 9 heteroatoms. The summed E-state index contributed by atoms with van der Waals surface area (Å²) in [7, 11) is 0. The molecule has 0 spiro atoms. The van der Waals surface area contributed by atoms with Crippen molar-refractivity contribution in [2.75, 3.05) is 18.4 Å². The molecule has 4 rings (SSSR count). The number of aromatic nitrogens is 2. The van der Waals surface area contributed by atoms with Crippen molar-refractivity contribution in [3.05, 3.63) is 50.9 Å². The Morgan fingerprint density at radius 2 is 1.96 bits per heavy atom. The van der Waals surface area contributed by atoms with Gasteiger partial charge in [0.1, 0.15) is 24.0 Å². The molecular weight excluding hydrogens is 470 g/mol. The monoisotopic (exact) mass is 484 g/mol. The molecule has 1 fully saturated rings. The maximum absolute atomic E-state index is 14.4. The third-order valence-electron chi connectivity index (χ3n) is 4.56. The van der Waals surface area contributed by atoms with Crippen molar-refractivity contribution in [3.8, 4) is 5.75 Å². The van der Waals surface area contributed by atoms with Crippen LogP contribution >= 0.6 is 39.1 Å². The fourth-order valence-corrected chi connectivity index (χ4v) is 3.83. The highest BCUT2D eigenvalue weighted by Gasteiger charge is 2.18. The molecule has 5 nitrogen and oxygen atoms in total. The van der Waals surface area contributed by atoms with Gasteiger partial charge in [0.2, 0.25) is 0 Å². The van der Waals surface area contributed by atoms with E-state index < -0.39 is 5.82 Å². The second-order valence-electron chi connectivity index (χ2n) is 6.44. The molecule has 0 saturated carbocycles. The summed E-state index contributed by atoms with van der Waals surface area (Å²) in [5.74, 6) is 0.515. The minimum Gasteiger partial charge on any atom is -0.489 e. The first-order chi connectivity index (χ1) is 13.5. The van der Waals surface area contributed by atoms with Gasteiger partial charge in [0.25, 0.3) is 0 Å². The second-order valence-corrected chi connectivity index (χ2v) is 8.08. The fraction of sp³-hybridized carbons (Fsp3) is 0.263. The summed E-state index contributed by atoms with van der Waals surface area (Å²) in [6.07, 6.45) is 3.44. The van der Waals surface area contributed by atoms with Crippen LogP contribution in [0.25, 0.3) is 10.9 Å². The van der Waals surface area contributed by atoms with Gasteiger partial charge in [-0.1, -0.05) is 23.2 Å². The van der Waals surface area contributed by atoms with E-state index in [9.17, 15) is 4.39 Å². The van der Waals surface area contributed by atoms with Gasteiger partial charge in [0, 0.05) is 5.39 Å². The molecule has 0 radical (unpaired) electrons. The number of fused-ring (bicyclic) bond motifs is 1. The topological polar surface area (TPSA) is 59.1 Å². The summed E-state index contributed by atoms with van der Waals surface area (Å²) >= 11 is 15.3. The van der Waals surface area contributed by atoms with E-state index in [-0.39, 0.29) is 21.8 Å². The average Bonchev–Trinajstić information content (AvgIpc) is 2.70. The van der Waals surface area contributed by atoms with Gasteiger partial charge in [0.15, 0.2) is 5.82 Å². The summed E-state index contributed by atoms with van der Waals surface area (Å²) < 4.78 is 21.4. The third kappa shape index (κ3) is 4.03. The Bertz CT molecular complexity index is 1030. The number of nitrogens with one attached hydrogen (secondary N) is 2. The molecule has 1 saturated heterocycles. The van der Waals surface area contributed by atoms with Crippen molar-refractivity contribution in [2.24, 2.45) is 0 Å². The van der Waals surface area contributed by atoms with Crippen LogP contribution in [0.3, 0.4) is 0 Å². The van der Waals surface area contributed by atoms with E-state index in [1.54, 1.807) is 0 Å². The molecule has 146 valence electrons. The minimum absolute atomic E-state index is 0.136. The minimum atomic E-state index is -0.635. The van der Waals surface area contributed by atoms with Gasteiger partial charge >= 0.3 is 0 Å². The Labute approximate surface area is 179 Å². The highest BCUT2D eigenvalue weighted by atomic mass is 79.9. The van der Waals surface area contributed by atoms with Gasteiger partial charge in [-0.05, 0) is 66.1 Å². The fourth-order valence-electron chi connectivity index (χ4n) is 3.09. The normalized spacial score (nSPS) is 15.0. The van der Waals surface area contributed by atoms with Gasteiger partial charge in [-0.15, -0.1) is 0 Å². The van der Waals surface area contributed by atoms with E-state index >= 15 is 0 Å². The van der Waals surface area contributed by atoms with Crippen molar-refractivity contribution in [1.82, 2.24) is 15.3 Å². The molecule has 2 aromatic carbocycles. The van der Waals surface area contributed by atoms with E-state index in [0.717, 1.165) is 30.4 Å². The Morgan fingerprint density at radius 1 is 1.18 bits per heavy atom. The molecule has 3 aromatic rings. The van der Waals surface area contributed by atoms with Crippen molar-refractivity contribution < 1.29 is 9.13 Å². The molecule has 1 aromatic heterocycles. The van der Waals surface area contributed by atoms with Crippen LogP contribution in [-0.2, 0) is 0 Å². The van der Waals surface area contributed by atoms with Gasteiger partial charge in [0.05, 0.1) is 25.7 Å². The zero-order valence-corrected chi connectivity index (χ0v) is 17.7. The lowest BCUT2D eigenvalue weighted by molar-refractivity contribution is 0.161. The van der Waals surface area contributed by atoms with Gasteiger partial charge in [-0.2, -0.15) is 0 Å². The van der Waals surface area contributed by atoms with E-state index in [2.05, 4.69) is 36.5 Å². The number of piperidine rings is 1. The Hall–Kier alpha value is -1.67. The number of hydrogen-bond donors (Lipinski definition) is 2. The second kappa shape index (κ2) is 8.37. The highest BCUT2D eigenvalue weighted by molar-refractivity contribution is 9.10. The number of nitrogens with zero attached hydrogens (tertiary/aromatic N) is 2. The van der Waals surface area contributed by atoms with Crippen molar-refractivity contribution in [1.29, 1.82) is 0 Å². The van der Waals surface area contributed by atoms with Crippen LogP contribution in [0.2, 0.25) is 10.0 Å². The number of ether oxygens (including phenoxy) is 1. The van der Waals surface area contributed by atoms with Crippen molar-refractivity contribution in [2.45, 2.75) is 18.9 Å². The molecule has 0 unspecified atom stereocenters. The first-order valence-electron chi connectivity index (χ1n) is 8.75. The van der Waals surface area contributed by atoms with E-state index in [1.165, 1.54) is 18.5 Å². The van der Waals surface area contributed by atoms with Crippen LogP contribution in [0.4, 0.5) is 15.9 Å². The Kier molecular flexibility index (Phi) is 5.87. The number of anilines is 2. The largest absolute Gasteiger partial charge is 0.489 e. The Balaban J connectivity index is 1.70. The summed E-state index contributed by atoms with van der Waals surface area (Å²) in [4.78, 5) is 8.57. The summed E-state index contributed by atoms with van der Waals surface area (Å²) in [6, 6.07) is 6.77. The molecule has 0 aliphatic carbocycles. The predicted octanol–water partition coefficient (Wildman–Crippen LogP) is 5.71. The van der Waals surface area contributed by atoms with Crippen LogP contribution in [-0.4, -0.2) is 29.2 Å². The molecule has 1 aliphatic heterocycles. The Morgan fingerprint density at radius 3 is 2.75 bits per heavy atom. The van der Waals surface area contributed by atoms with Crippen LogP contribution in [0.5, 0.6) is 5.75 Å². The molecule has 2 heterocycles. The van der Waals surface area contributed by atoms with Crippen LogP contribution in [0, 0.1) is 5.82 Å². The zero-order valence-electron chi connectivity index (χ0n) is 14.6. The van der Waals surface area contributed by atoms with Crippen molar-refractivity contribution in [3.63, 3.8) is 0 Å². The lowest BCUT2D eigenvalue weighted by atomic mass is 10.1. The van der Waals surface area contributed by atoms with Crippen molar-refractivity contribution >= 4 is 61.5 Å². The molecule has 1 aliphatic rings. The number of benzene rings is 2. The molecule has 0 amide bonds.